The standard InChI is InChI=1S/C16H24F2N2O/c1-20(2)16(7-3-4-8-16)11-19-10-15(21)13-6-5-12(17)9-14(13)18/h5-6,9,15,19,21H,3-4,7-8,10-11H2,1-2H3. The van der Waals surface area contributed by atoms with Gasteiger partial charge in [-0.3, -0.25) is 0 Å². The quantitative estimate of drug-likeness (QED) is 0.847. The summed E-state index contributed by atoms with van der Waals surface area (Å²) in [6.07, 6.45) is 3.73. The van der Waals surface area contributed by atoms with E-state index in [9.17, 15) is 13.9 Å². The zero-order chi connectivity index (χ0) is 15.5. The van der Waals surface area contributed by atoms with Gasteiger partial charge in [-0.05, 0) is 33.0 Å². The topological polar surface area (TPSA) is 35.5 Å². The monoisotopic (exact) mass is 298 g/mol. The van der Waals surface area contributed by atoms with Gasteiger partial charge in [-0.2, -0.15) is 0 Å². The van der Waals surface area contributed by atoms with E-state index in [1.54, 1.807) is 0 Å². The molecule has 0 aromatic heterocycles. The molecule has 1 unspecified atom stereocenters. The predicted octanol–water partition coefficient (Wildman–Crippen LogP) is 2.46. The Balaban J connectivity index is 1.90. The third-order valence-corrected chi connectivity index (χ3v) is 4.60. The Hall–Kier alpha value is -1.04. The summed E-state index contributed by atoms with van der Waals surface area (Å²) < 4.78 is 26.5. The Kier molecular flexibility index (Phi) is 5.30. The zero-order valence-corrected chi connectivity index (χ0v) is 12.7. The lowest BCUT2D eigenvalue weighted by Crippen LogP contribution is -2.50. The van der Waals surface area contributed by atoms with E-state index in [4.69, 9.17) is 0 Å². The molecule has 5 heteroatoms. The SMILES string of the molecule is CN(C)C1(CNCC(O)c2ccc(F)cc2F)CCCC1. The number of aliphatic hydroxyl groups is 1. The Morgan fingerprint density at radius 2 is 1.95 bits per heavy atom. The summed E-state index contributed by atoms with van der Waals surface area (Å²) in [6.45, 7) is 1.03. The van der Waals surface area contributed by atoms with Gasteiger partial charge < -0.3 is 15.3 Å². The summed E-state index contributed by atoms with van der Waals surface area (Å²) in [6, 6.07) is 3.27. The summed E-state index contributed by atoms with van der Waals surface area (Å²) in [7, 11) is 4.14. The molecule has 0 amide bonds. The molecule has 21 heavy (non-hydrogen) atoms. The first-order valence-electron chi connectivity index (χ1n) is 7.46. The van der Waals surface area contributed by atoms with Crippen molar-refractivity contribution < 1.29 is 13.9 Å². The van der Waals surface area contributed by atoms with Gasteiger partial charge >= 0.3 is 0 Å². The van der Waals surface area contributed by atoms with Crippen molar-refractivity contribution in [3.63, 3.8) is 0 Å². The van der Waals surface area contributed by atoms with Crippen molar-refractivity contribution in [2.45, 2.75) is 37.3 Å². The van der Waals surface area contributed by atoms with Crippen molar-refractivity contribution in [3.05, 3.63) is 35.4 Å². The van der Waals surface area contributed by atoms with Gasteiger partial charge in [0.25, 0.3) is 0 Å². The third-order valence-electron chi connectivity index (χ3n) is 4.60. The molecule has 1 aliphatic rings. The van der Waals surface area contributed by atoms with Crippen molar-refractivity contribution in [1.82, 2.24) is 10.2 Å². The van der Waals surface area contributed by atoms with Crippen LogP contribution >= 0.6 is 0 Å². The van der Waals surface area contributed by atoms with Crippen LogP contribution in [0.2, 0.25) is 0 Å². The van der Waals surface area contributed by atoms with E-state index in [0.717, 1.165) is 25.5 Å². The Morgan fingerprint density at radius 3 is 2.52 bits per heavy atom. The first-order valence-corrected chi connectivity index (χ1v) is 7.46. The predicted molar refractivity (Wildman–Crippen MR) is 79.1 cm³/mol. The molecule has 0 bridgehead atoms. The lowest BCUT2D eigenvalue weighted by molar-refractivity contribution is 0.132. The second-order valence-electron chi connectivity index (χ2n) is 6.14. The van der Waals surface area contributed by atoms with Crippen LogP contribution in [0, 0.1) is 11.6 Å². The van der Waals surface area contributed by atoms with Crippen LogP contribution in [-0.2, 0) is 0 Å². The minimum atomic E-state index is -0.966. The number of nitrogens with zero attached hydrogens (tertiary/aromatic N) is 1. The number of benzene rings is 1. The molecular formula is C16H24F2N2O. The van der Waals surface area contributed by atoms with Gasteiger partial charge in [0, 0.05) is 30.3 Å². The van der Waals surface area contributed by atoms with E-state index < -0.39 is 17.7 Å². The number of hydrogen-bond acceptors (Lipinski definition) is 3. The van der Waals surface area contributed by atoms with Gasteiger partial charge in [0.2, 0.25) is 0 Å². The first-order chi connectivity index (χ1) is 9.94. The molecule has 2 rings (SSSR count). The van der Waals surface area contributed by atoms with Crippen LogP contribution in [-0.4, -0.2) is 42.7 Å². The highest BCUT2D eigenvalue weighted by atomic mass is 19.1. The molecular weight excluding hydrogens is 274 g/mol. The molecule has 3 nitrogen and oxygen atoms in total. The molecule has 0 aliphatic heterocycles. The van der Waals surface area contributed by atoms with E-state index in [1.807, 2.05) is 0 Å². The summed E-state index contributed by atoms with van der Waals surface area (Å²) in [5, 5.41) is 13.3. The Bertz CT molecular complexity index is 473. The van der Waals surface area contributed by atoms with Crippen LogP contribution in [0.25, 0.3) is 0 Å². The van der Waals surface area contributed by atoms with Crippen LogP contribution in [0.15, 0.2) is 18.2 Å². The minimum Gasteiger partial charge on any atom is -0.387 e. The maximum atomic E-state index is 13.6. The van der Waals surface area contributed by atoms with Crippen molar-refractivity contribution in [3.8, 4) is 0 Å². The number of aliphatic hydroxyl groups excluding tert-OH is 1. The Labute approximate surface area is 125 Å². The maximum absolute atomic E-state index is 13.6. The highest BCUT2D eigenvalue weighted by Crippen LogP contribution is 2.33. The van der Waals surface area contributed by atoms with Gasteiger partial charge in [0.15, 0.2) is 0 Å². The second-order valence-corrected chi connectivity index (χ2v) is 6.14. The third kappa shape index (κ3) is 3.78. The van der Waals surface area contributed by atoms with Crippen LogP contribution < -0.4 is 5.32 Å². The highest BCUT2D eigenvalue weighted by Gasteiger charge is 2.35. The number of hydrogen-bond donors (Lipinski definition) is 2. The summed E-state index contributed by atoms with van der Waals surface area (Å²) >= 11 is 0. The van der Waals surface area contributed by atoms with Crippen LogP contribution in [0.1, 0.15) is 37.4 Å². The molecule has 2 N–H and O–H groups in total. The summed E-state index contributed by atoms with van der Waals surface area (Å²) in [5.74, 6) is -1.33. The van der Waals surface area contributed by atoms with Gasteiger partial charge in [-0.25, -0.2) is 8.78 Å². The fourth-order valence-corrected chi connectivity index (χ4v) is 3.14. The normalized spacial score (nSPS) is 19.1. The summed E-state index contributed by atoms with van der Waals surface area (Å²) in [4.78, 5) is 2.23. The van der Waals surface area contributed by atoms with Crippen LogP contribution in [0.5, 0.6) is 0 Å². The van der Waals surface area contributed by atoms with Crippen molar-refractivity contribution in [2.24, 2.45) is 0 Å². The van der Waals surface area contributed by atoms with Crippen molar-refractivity contribution >= 4 is 0 Å². The largest absolute Gasteiger partial charge is 0.387 e. The van der Waals surface area contributed by atoms with E-state index >= 15 is 0 Å². The van der Waals surface area contributed by atoms with Crippen molar-refractivity contribution in [2.75, 3.05) is 27.2 Å². The number of likely N-dealkylation sites (N-methyl/N-ethyl adjacent to an activating group) is 1. The molecule has 0 saturated heterocycles. The summed E-state index contributed by atoms with van der Waals surface area (Å²) in [5.41, 5.74) is 0.260. The number of halogens is 2. The zero-order valence-electron chi connectivity index (χ0n) is 12.7. The molecule has 0 radical (unpaired) electrons. The second kappa shape index (κ2) is 6.81. The van der Waals surface area contributed by atoms with E-state index in [2.05, 4.69) is 24.3 Å². The average Bonchev–Trinajstić information content (AvgIpc) is 2.88. The highest BCUT2D eigenvalue weighted by molar-refractivity contribution is 5.21. The van der Waals surface area contributed by atoms with Gasteiger partial charge in [0.1, 0.15) is 11.6 Å². The molecule has 1 fully saturated rings. The smallest absolute Gasteiger partial charge is 0.131 e. The van der Waals surface area contributed by atoms with Gasteiger partial charge in [-0.1, -0.05) is 18.9 Å². The molecule has 1 aromatic rings. The van der Waals surface area contributed by atoms with Gasteiger partial charge in [0.05, 0.1) is 6.10 Å². The average molecular weight is 298 g/mol. The lowest BCUT2D eigenvalue weighted by atomic mass is 9.96. The van der Waals surface area contributed by atoms with Crippen LogP contribution in [0.4, 0.5) is 8.78 Å². The fraction of sp³-hybridized carbons (Fsp3) is 0.625. The molecule has 0 heterocycles. The molecule has 1 saturated carbocycles. The van der Waals surface area contributed by atoms with Gasteiger partial charge in [-0.15, -0.1) is 0 Å². The first kappa shape index (κ1) is 16.3. The molecule has 1 aromatic carbocycles. The molecule has 1 atom stereocenters. The van der Waals surface area contributed by atoms with Crippen LogP contribution in [0.3, 0.4) is 0 Å². The van der Waals surface area contributed by atoms with E-state index in [0.29, 0.717) is 0 Å². The molecule has 1 aliphatic carbocycles. The van der Waals surface area contributed by atoms with E-state index in [-0.39, 0.29) is 17.6 Å². The number of rotatable bonds is 6. The minimum absolute atomic E-state index is 0.126. The maximum Gasteiger partial charge on any atom is 0.131 e. The van der Waals surface area contributed by atoms with E-state index in [1.165, 1.54) is 25.0 Å². The Morgan fingerprint density at radius 1 is 1.29 bits per heavy atom. The molecule has 0 spiro atoms. The molecule has 118 valence electrons. The fourth-order valence-electron chi connectivity index (χ4n) is 3.14. The lowest BCUT2D eigenvalue weighted by Gasteiger charge is -2.37. The number of nitrogens with one attached hydrogen (secondary N) is 1. The van der Waals surface area contributed by atoms with Crippen molar-refractivity contribution in [1.29, 1.82) is 0 Å².